The van der Waals surface area contributed by atoms with Gasteiger partial charge in [-0.15, -0.1) is 0 Å². The standard InChI is InChI=1S/C13H26N2O3/c1-10(2)8-15(9-11(3)4)13(18)14-7-5-6-12(16)17/h10-11H,5-9H2,1-4H3,(H,14,18)(H,16,17). The molecule has 0 bridgehead atoms. The van der Waals surface area contributed by atoms with Gasteiger partial charge >= 0.3 is 12.0 Å². The minimum absolute atomic E-state index is 0.0919. The van der Waals surface area contributed by atoms with E-state index in [1.54, 1.807) is 4.90 Å². The third-order valence-electron chi connectivity index (χ3n) is 2.30. The highest BCUT2D eigenvalue weighted by Gasteiger charge is 2.15. The first-order valence-corrected chi connectivity index (χ1v) is 6.57. The normalized spacial score (nSPS) is 10.8. The molecule has 18 heavy (non-hydrogen) atoms. The number of carbonyl (C=O) groups excluding carboxylic acids is 1. The summed E-state index contributed by atoms with van der Waals surface area (Å²) in [6.07, 6.45) is 0.562. The second-order valence-corrected chi connectivity index (χ2v) is 5.42. The molecule has 2 N–H and O–H groups in total. The molecular formula is C13H26N2O3. The Kier molecular flexibility index (Phi) is 8.16. The van der Waals surface area contributed by atoms with Gasteiger partial charge in [0.2, 0.25) is 0 Å². The van der Waals surface area contributed by atoms with Crippen LogP contribution in [0.3, 0.4) is 0 Å². The molecule has 0 atom stereocenters. The second-order valence-electron chi connectivity index (χ2n) is 5.42. The van der Waals surface area contributed by atoms with Gasteiger partial charge in [0.25, 0.3) is 0 Å². The lowest BCUT2D eigenvalue weighted by molar-refractivity contribution is -0.137. The Bertz CT molecular complexity index is 255. The van der Waals surface area contributed by atoms with Gasteiger partial charge < -0.3 is 15.3 Å². The van der Waals surface area contributed by atoms with Crippen molar-refractivity contribution < 1.29 is 14.7 Å². The number of hydrogen-bond acceptors (Lipinski definition) is 2. The topological polar surface area (TPSA) is 69.6 Å². The molecule has 0 rings (SSSR count). The fraction of sp³-hybridized carbons (Fsp3) is 0.846. The smallest absolute Gasteiger partial charge is 0.317 e. The summed E-state index contributed by atoms with van der Waals surface area (Å²) < 4.78 is 0. The molecule has 2 amide bonds. The molecule has 0 heterocycles. The predicted molar refractivity (Wildman–Crippen MR) is 71.5 cm³/mol. The fourth-order valence-electron chi connectivity index (χ4n) is 1.67. The van der Waals surface area contributed by atoms with E-state index in [-0.39, 0.29) is 12.5 Å². The van der Waals surface area contributed by atoms with Crippen molar-refractivity contribution in [3.05, 3.63) is 0 Å². The Balaban J connectivity index is 4.08. The van der Waals surface area contributed by atoms with Crippen LogP contribution in [0.5, 0.6) is 0 Å². The van der Waals surface area contributed by atoms with Crippen LogP contribution in [0.2, 0.25) is 0 Å². The fourth-order valence-corrected chi connectivity index (χ4v) is 1.67. The van der Waals surface area contributed by atoms with Crippen molar-refractivity contribution >= 4 is 12.0 Å². The summed E-state index contributed by atoms with van der Waals surface area (Å²) in [6, 6.07) is -0.0946. The zero-order chi connectivity index (χ0) is 14.1. The Morgan fingerprint density at radius 3 is 2.00 bits per heavy atom. The van der Waals surface area contributed by atoms with E-state index in [1.807, 2.05) is 0 Å². The summed E-state index contributed by atoms with van der Waals surface area (Å²) in [5.41, 5.74) is 0. The summed E-state index contributed by atoms with van der Waals surface area (Å²) in [5, 5.41) is 11.3. The molecule has 0 aromatic rings. The molecule has 0 aliphatic rings. The van der Waals surface area contributed by atoms with E-state index < -0.39 is 5.97 Å². The van der Waals surface area contributed by atoms with Gasteiger partial charge in [-0.05, 0) is 18.3 Å². The first kappa shape index (κ1) is 16.7. The number of carbonyl (C=O) groups is 2. The first-order valence-electron chi connectivity index (χ1n) is 6.57. The number of nitrogens with zero attached hydrogens (tertiary/aromatic N) is 1. The molecule has 0 aliphatic heterocycles. The van der Waals surface area contributed by atoms with E-state index in [0.29, 0.717) is 24.8 Å². The van der Waals surface area contributed by atoms with Crippen LogP contribution in [0, 0.1) is 11.8 Å². The number of carboxylic acids is 1. The molecule has 0 saturated heterocycles. The van der Waals surface area contributed by atoms with Crippen molar-refractivity contribution in [2.45, 2.75) is 40.5 Å². The number of urea groups is 1. The van der Waals surface area contributed by atoms with Crippen molar-refractivity contribution in [2.75, 3.05) is 19.6 Å². The van der Waals surface area contributed by atoms with Crippen LogP contribution in [0.25, 0.3) is 0 Å². The highest BCUT2D eigenvalue weighted by atomic mass is 16.4. The predicted octanol–water partition coefficient (Wildman–Crippen LogP) is 2.17. The van der Waals surface area contributed by atoms with Gasteiger partial charge in [-0.3, -0.25) is 4.79 Å². The molecule has 106 valence electrons. The number of aliphatic carboxylic acids is 1. The summed E-state index contributed by atoms with van der Waals surface area (Å²) >= 11 is 0. The second kappa shape index (κ2) is 8.78. The first-order chi connectivity index (χ1) is 8.32. The zero-order valence-electron chi connectivity index (χ0n) is 11.9. The number of carboxylic acid groups (broad SMARTS) is 1. The van der Waals surface area contributed by atoms with E-state index in [1.165, 1.54) is 0 Å². The lowest BCUT2D eigenvalue weighted by atomic mass is 10.1. The number of hydrogen-bond donors (Lipinski definition) is 2. The molecule has 0 aromatic carbocycles. The third-order valence-corrected chi connectivity index (χ3v) is 2.30. The lowest BCUT2D eigenvalue weighted by Gasteiger charge is -2.26. The van der Waals surface area contributed by atoms with Gasteiger partial charge in [0, 0.05) is 26.1 Å². The highest BCUT2D eigenvalue weighted by molar-refractivity contribution is 5.74. The maximum atomic E-state index is 11.9. The Morgan fingerprint density at radius 2 is 1.61 bits per heavy atom. The molecule has 0 aromatic heterocycles. The molecular weight excluding hydrogens is 232 g/mol. The van der Waals surface area contributed by atoms with Gasteiger partial charge in [-0.2, -0.15) is 0 Å². The third kappa shape index (κ3) is 8.84. The van der Waals surface area contributed by atoms with Crippen LogP contribution in [-0.4, -0.2) is 41.6 Å². The van der Waals surface area contributed by atoms with Gasteiger partial charge in [-0.25, -0.2) is 4.79 Å². The average molecular weight is 258 g/mol. The molecule has 0 aliphatic carbocycles. The average Bonchev–Trinajstić information content (AvgIpc) is 2.21. The quantitative estimate of drug-likeness (QED) is 0.656. The lowest BCUT2D eigenvalue weighted by Crippen LogP contribution is -2.44. The van der Waals surface area contributed by atoms with Crippen molar-refractivity contribution in [1.82, 2.24) is 10.2 Å². The van der Waals surface area contributed by atoms with E-state index in [2.05, 4.69) is 33.0 Å². The van der Waals surface area contributed by atoms with Crippen molar-refractivity contribution in [1.29, 1.82) is 0 Å². The van der Waals surface area contributed by atoms with Crippen LogP contribution in [0.1, 0.15) is 40.5 Å². The molecule has 0 unspecified atom stereocenters. The SMILES string of the molecule is CC(C)CN(CC(C)C)C(=O)NCCCC(=O)O. The largest absolute Gasteiger partial charge is 0.481 e. The maximum absolute atomic E-state index is 11.9. The van der Waals surface area contributed by atoms with E-state index in [0.717, 1.165) is 13.1 Å². The number of amides is 2. The van der Waals surface area contributed by atoms with Crippen LogP contribution < -0.4 is 5.32 Å². The van der Waals surface area contributed by atoms with Crippen molar-refractivity contribution in [3.8, 4) is 0 Å². The zero-order valence-corrected chi connectivity index (χ0v) is 11.9. The van der Waals surface area contributed by atoms with Gasteiger partial charge in [0.1, 0.15) is 0 Å². The highest BCUT2D eigenvalue weighted by Crippen LogP contribution is 2.04. The Labute approximate surface area is 110 Å². The summed E-state index contributed by atoms with van der Waals surface area (Å²) in [6.45, 7) is 10.2. The van der Waals surface area contributed by atoms with Crippen LogP contribution in [0.15, 0.2) is 0 Å². The van der Waals surface area contributed by atoms with Gasteiger partial charge in [0.15, 0.2) is 0 Å². The monoisotopic (exact) mass is 258 g/mol. The Hall–Kier alpha value is -1.26. The van der Waals surface area contributed by atoms with Crippen molar-refractivity contribution in [2.24, 2.45) is 11.8 Å². The van der Waals surface area contributed by atoms with E-state index in [9.17, 15) is 9.59 Å². The van der Waals surface area contributed by atoms with E-state index >= 15 is 0 Å². The number of nitrogens with one attached hydrogen (secondary N) is 1. The van der Waals surface area contributed by atoms with Gasteiger partial charge in [-0.1, -0.05) is 27.7 Å². The summed E-state index contributed by atoms with van der Waals surface area (Å²) in [7, 11) is 0. The molecule has 5 heteroatoms. The van der Waals surface area contributed by atoms with E-state index in [4.69, 9.17) is 5.11 Å². The summed E-state index contributed by atoms with van der Waals surface area (Å²) in [4.78, 5) is 24.1. The molecule has 0 fully saturated rings. The minimum Gasteiger partial charge on any atom is -0.481 e. The van der Waals surface area contributed by atoms with Crippen LogP contribution in [0.4, 0.5) is 4.79 Å². The Morgan fingerprint density at radius 1 is 1.11 bits per heavy atom. The molecule has 0 saturated carbocycles. The maximum Gasteiger partial charge on any atom is 0.317 e. The molecule has 0 radical (unpaired) electrons. The minimum atomic E-state index is -0.828. The van der Waals surface area contributed by atoms with Crippen LogP contribution >= 0.6 is 0 Å². The molecule has 5 nitrogen and oxygen atoms in total. The van der Waals surface area contributed by atoms with Gasteiger partial charge in [0.05, 0.1) is 0 Å². The summed E-state index contributed by atoms with van der Waals surface area (Å²) in [5.74, 6) is 0.0208. The molecule has 0 spiro atoms. The van der Waals surface area contributed by atoms with Crippen LogP contribution in [-0.2, 0) is 4.79 Å². The number of rotatable bonds is 8. The van der Waals surface area contributed by atoms with Crippen molar-refractivity contribution in [3.63, 3.8) is 0 Å².